The molecule has 0 rings (SSSR count). The van der Waals surface area contributed by atoms with Gasteiger partial charge in [0.1, 0.15) is 5.60 Å². The second kappa shape index (κ2) is 4.73. The predicted molar refractivity (Wildman–Crippen MR) is 41.1 cm³/mol. The Bertz CT molecular complexity index is 193. The Morgan fingerprint density at radius 1 is 1.83 bits per heavy atom. The standard InChI is InChI=1S/C8H11FO3/c1-3-8(2,11)5-4-6-12-7(9)10/h1,11H,4-6H2,2H3. The lowest BCUT2D eigenvalue weighted by molar-refractivity contribution is 0.0863. The molecule has 0 aliphatic carbocycles. The van der Waals surface area contributed by atoms with Gasteiger partial charge in [-0.2, -0.15) is 0 Å². The van der Waals surface area contributed by atoms with Crippen molar-refractivity contribution in [2.45, 2.75) is 25.4 Å². The molecule has 0 saturated heterocycles. The van der Waals surface area contributed by atoms with Crippen molar-refractivity contribution >= 4 is 6.22 Å². The maximum Gasteiger partial charge on any atom is 0.495 e. The molecular weight excluding hydrogens is 163 g/mol. The first-order valence-electron chi connectivity index (χ1n) is 3.50. The fourth-order valence-electron chi connectivity index (χ4n) is 0.641. The zero-order valence-corrected chi connectivity index (χ0v) is 6.84. The molecule has 1 atom stereocenters. The van der Waals surface area contributed by atoms with Gasteiger partial charge < -0.3 is 9.84 Å². The van der Waals surface area contributed by atoms with Crippen LogP contribution >= 0.6 is 0 Å². The van der Waals surface area contributed by atoms with E-state index in [-0.39, 0.29) is 13.0 Å². The number of terminal acetylenes is 1. The molecule has 0 aromatic rings. The number of halogens is 1. The van der Waals surface area contributed by atoms with E-state index in [0.717, 1.165) is 0 Å². The van der Waals surface area contributed by atoms with Crippen LogP contribution in [0, 0.1) is 12.3 Å². The van der Waals surface area contributed by atoms with Crippen molar-refractivity contribution in [1.82, 2.24) is 0 Å². The number of carbonyl (C=O) groups is 1. The molecule has 0 radical (unpaired) electrons. The zero-order valence-electron chi connectivity index (χ0n) is 6.84. The molecule has 0 aliphatic rings. The number of hydrogen-bond donors (Lipinski definition) is 1. The van der Waals surface area contributed by atoms with Crippen molar-refractivity contribution in [2.24, 2.45) is 0 Å². The number of aliphatic hydroxyl groups is 1. The van der Waals surface area contributed by atoms with Gasteiger partial charge in [0, 0.05) is 0 Å². The number of rotatable bonds is 4. The number of hydrogen-bond acceptors (Lipinski definition) is 3. The Labute approximate surface area is 70.5 Å². The fraction of sp³-hybridized carbons (Fsp3) is 0.625. The lowest BCUT2D eigenvalue weighted by Gasteiger charge is -2.14. The summed E-state index contributed by atoms with van der Waals surface area (Å²) in [6, 6.07) is 0. The summed E-state index contributed by atoms with van der Waals surface area (Å²) < 4.78 is 15.4. The van der Waals surface area contributed by atoms with Gasteiger partial charge in [-0.05, 0) is 19.8 Å². The monoisotopic (exact) mass is 174 g/mol. The Balaban J connectivity index is 3.45. The first-order chi connectivity index (χ1) is 5.48. The van der Waals surface area contributed by atoms with Crippen LogP contribution in [-0.4, -0.2) is 23.5 Å². The first kappa shape index (κ1) is 10.9. The highest BCUT2D eigenvalue weighted by Gasteiger charge is 2.15. The van der Waals surface area contributed by atoms with E-state index in [4.69, 9.17) is 6.42 Å². The molecule has 0 saturated carbocycles. The largest absolute Gasteiger partial charge is 0.495 e. The summed E-state index contributed by atoms with van der Waals surface area (Å²) in [4.78, 5) is 9.65. The summed E-state index contributed by atoms with van der Waals surface area (Å²) in [5.41, 5.74) is -1.21. The van der Waals surface area contributed by atoms with E-state index in [1.54, 1.807) is 0 Å². The molecule has 0 aromatic heterocycles. The molecule has 3 nitrogen and oxygen atoms in total. The summed E-state index contributed by atoms with van der Waals surface area (Å²) in [6.07, 6.45) is 3.77. The lowest BCUT2D eigenvalue weighted by atomic mass is 10.0. The van der Waals surface area contributed by atoms with Crippen molar-refractivity contribution in [3.8, 4) is 12.3 Å². The van der Waals surface area contributed by atoms with E-state index in [9.17, 15) is 14.3 Å². The topological polar surface area (TPSA) is 46.5 Å². The SMILES string of the molecule is C#CC(C)(O)CCCOC(=O)F. The van der Waals surface area contributed by atoms with Crippen molar-refractivity contribution in [3.63, 3.8) is 0 Å². The van der Waals surface area contributed by atoms with E-state index in [2.05, 4.69) is 10.7 Å². The average Bonchev–Trinajstić information content (AvgIpc) is 1.98. The molecular formula is C8H11FO3. The summed E-state index contributed by atoms with van der Waals surface area (Å²) in [5.74, 6) is 2.15. The third-order valence-corrected chi connectivity index (χ3v) is 1.33. The van der Waals surface area contributed by atoms with Gasteiger partial charge in [0.25, 0.3) is 0 Å². The number of carbonyl (C=O) groups excluding carboxylic acids is 1. The smallest absolute Gasteiger partial charge is 0.440 e. The highest BCUT2D eigenvalue weighted by Crippen LogP contribution is 2.09. The van der Waals surface area contributed by atoms with E-state index in [0.29, 0.717) is 6.42 Å². The van der Waals surface area contributed by atoms with Crippen molar-refractivity contribution in [3.05, 3.63) is 0 Å². The van der Waals surface area contributed by atoms with E-state index < -0.39 is 11.8 Å². The van der Waals surface area contributed by atoms with Crippen LogP contribution in [0.1, 0.15) is 19.8 Å². The first-order valence-corrected chi connectivity index (χ1v) is 3.50. The zero-order chi connectivity index (χ0) is 9.61. The Kier molecular flexibility index (Phi) is 4.30. The minimum absolute atomic E-state index is 0.0623. The molecule has 0 fully saturated rings. The molecule has 12 heavy (non-hydrogen) atoms. The van der Waals surface area contributed by atoms with E-state index in [1.165, 1.54) is 6.92 Å². The second-order valence-corrected chi connectivity index (χ2v) is 2.61. The molecule has 4 heteroatoms. The quantitative estimate of drug-likeness (QED) is 0.396. The Morgan fingerprint density at radius 3 is 2.83 bits per heavy atom. The third-order valence-electron chi connectivity index (χ3n) is 1.33. The van der Waals surface area contributed by atoms with Gasteiger partial charge in [0.15, 0.2) is 0 Å². The van der Waals surface area contributed by atoms with Crippen LogP contribution in [-0.2, 0) is 4.74 Å². The number of ether oxygens (including phenoxy) is 1. The summed E-state index contributed by atoms with van der Waals surface area (Å²) in [5, 5.41) is 9.22. The van der Waals surface area contributed by atoms with Crippen LogP contribution in [0.5, 0.6) is 0 Å². The summed E-state index contributed by atoms with van der Waals surface area (Å²) >= 11 is 0. The molecule has 0 spiro atoms. The molecule has 1 N–H and O–H groups in total. The van der Waals surface area contributed by atoms with Crippen molar-refractivity contribution < 1.29 is 19.0 Å². The highest BCUT2D eigenvalue weighted by molar-refractivity contribution is 5.57. The van der Waals surface area contributed by atoms with Crippen LogP contribution in [0.4, 0.5) is 9.18 Å². The third kappa shape index (κ3) is 5.69. The van der Waals surface area contributed by atoms with Gasteiger partial charge in [0.05, 0.1) is 6.61 Å². The molecule has 68 valence electrons. The van der Waals surface area contributed by atoms with Gasteiger partial charge in [-0.25, -0.2) is 4.79 Å². The van der Waals surface area contributed by atoms with Crippen LogP contribution in [0.25, 0.3) is 0 Å². The van der Waals surface area contributed by atoms with E-state index in [1.807, 2.05) is 0 Å². The maximum absolute atomic E-state index is 11.4. The molecule has 0 aliphatic heterocycles. The van der Waals surface area contributed by atoms with Crippen LogP contribution in [0.2, 0.25) is 0 Å². The minimum Gasteiger partial charge on any atom is -0.440 e. The second-order valence-electron chi connectivity index (χ2n) is 2.61. The Hall–Kier alpha value is -1.08. The van der Waals surface area contributed by atoms with Gasteiger partial charge >= 0.3 is 6.22 Å². The Morgan fingerprint density at radius 2 is 2.42 bits per heavy atom. The van der Waals surface area contributed by atoms with Gasteiger partial charge in [0.2, 0.25) is 0 Å². The molecule has 0 bridgehead atoms. The molecule has 0 heterocycles. The highest BCUT2D eigenvalue weighted by atomic mass is 19.1. The van der Waals surface area contributed by atoms with Crippen LogP contribution < -0.4 is 0 Å². The molecule has 0 amide bonds. The van der Waals surface area contributed by atoms with Crippen LogP contribution in [0.15, 0.2) is 0 Å². The maximum atomic E-state index is 11.4. The summed E-state index contributed by atoms with van der Waals surface area (Å²) in [7, 11) is 0. The molecule has 1 unspecified atom stereocenters. The normalized spacial score (nSPS) is 14.5. The van der Waals surface area contributed by atoms with Gasteiger partial charge in [-0.15, -0.1) is 10.8 Å². The predicted octanol–water partition coefficient (Wildman–Crippen LogP) is 1.26. The summed E-state index contributed by atoms with van der Waals surface area (Å²) in [6.45, 7) is 1.40. The van der Waals surface area contributed by atoms with Crippen LogP contribution in [0.3, 0.4) is 0 Å². The van der Waals surface area contributed by atoms with Gasteiger partial charge in [-0.3, -0.25) is 0 Å². The average molecular weight is 174 g/mol. The fourth-order valence-corrected chi connectivity index (χ4v) is 0.641. The minimum atomic E-state index is -1.81. The molecule has 0 aromatic carbocycles. The van der Waals surface area contributed by atoms with Crippen molar-refractivity contribution in [2.75, 3.05) is 6.61 Å². The van der Waals surface area contributed by atoms with Crippen molar-refractivity contribution in [1.29, 1.82) is 0 Å². The lowest BCUT2D eigenvalue weighted by Crippen LogP contribution is -2.21. The van der Waals surface area contributed by atoms with Gasteiger partial charge in [-0.1, -0.05) is 5.92 Å². The van der Waals surface area contributed by atoms with E-state index >= 15 is 0 Å².